The molecular weight excluding hydrogens is 289 g/mol. The highest BCUT2D eigenvalue weighted by Gasteiger charge is 2.05. The number of halogens is 2. The van der Waals surface area contributed by atoms with Crippen molar-refractivity contribution in [3.8, 4) is 5.69 Å². The van der Waals surface area contributed by atoms with Gasteiger partial charge in [-0.05, 0) is 31.3 Å². The van der Waals surface area contributed by atoms with Gasteiger partial charge in [0.25, 0.3) is 0 Å². The average Bonchev–Trinajstić information content (AvgIpc) is 2.67. The van der Waals surface area contributed by atoms with E-state index in [1.807, 2.05) is 37.5 Å². The monoisotopic (exact) mass is 299 g/mol. The van der Waals surface area contributed by atoms with E-state index in [2.05, 4.69) is 26.3 Å². The maximum Gasteiger partial charge on any atom is 0.0832 e. The Kier molecular flexibility index (Phi) is 3.63. The van der Waals surface area contributed by atoms with E-state index in [0.717, 1.165) is 22.4 Å². The zero-order chi connectivity index (χ0) is 11.5. The van der Waals surface area contributed by atoms with Crippen molar-refractivity contribution < 1.29 is 0 Å². The summed E-state index contributed by atoms with van der Waals surface area (Å²) in [4.78, 5) is 0. The molecule has 84 valence electrons. The number of hydrogen-bond donors (Lipinski definition) is 1. The molecule has 1 aromatic heterocycles. The Morgan fingerprint density at radius 3 is 2.94 bits per heavy atom. The van der Waals surface area contributed by atoms with E-state index in [-0.39, 0.29) is 0 Å². The summed E-state index contributed by atoms with van der Waals surface area (Å²) in [5, 5.41) is 8.15. The van der Waals surface area contributed by atoms with Crippen LogP contribution >= 0.6 is 27.5 Å². The Morgan fingerprint density at radius 2 is 2.25 bits per heavy atom. The molecule has 1 N–H and O–H groups in total. The molecule has 1 heterocycles. The molecule has 0 amide bonds. The minimum absolute atomic E-state index is 0.675. The quantitative estimate of drug-likeness (QED) is 0.944. The second-order valence-electron chi connectivity index (χ2n) is 3.38. The molecule has 0 bridgehead atoms. The summed E-state index contributed by atoms with van der Waals surface area (Å²) in [6, 6.07) is 7.70. The van der Waals surface area contributed by atoms with Crippen molar-refractivity contribution in [1.29, 1.82) is 0 Å². The molecule has 0 atom stereocenters. The molecule has 2 aromatic rings. The molecule has 3 nitrogen and oxygen atoms in total. The van der Waals surface area contributed by atoms with Gasteiger partial charge in [0.1, 0.15) is 0 Å². The van der Waals surface area contributed by atoms with Crippen LogP contribution in [0, 0.1) is 0 Å². The van der Waals surface area contributed by atoms with Crippen molar-refractivity contribution in [3.05, 3.63) is 45.7 Å². The summed E-state index contributed by atoms with van der Waals surface area (Å²) in [5.74, 6) is 0. The van der Waals surface area contributed by atoms with E-state index in [4.69, 9.17) is 11.6 Å². The van der Waals surface area contributed by atoms with Gasteiger partial charge >= 0.3 is 0 Å². The minimum Gasteiger partial charge on any atom is -0.314 e. The predicted octanol–water partition coefficient (Wildman–Crippen LogP) is 3.01. The lowest BCUT2D eigenvalue weighted by Gasteiger charge is -2.04. The first kappa shape index (κ1) is 11.6. The second kappa shape index (κ2) is 4.99. The third-order valence-electron chi connectivity index (χ3n) is 2.16. The van der Waals surface area contributed by atoms with Crippen molar-refractivity contribution >= 4 is 27.5 Å². The number of benzene rings is 1. The third-order valence-corrected chi connectivity index (χ3v) is 2.95. The Labute approximate surface area is 108 Å². The standard InChI is InChI=1S/C11H11BrClN3/c1-14-7-9-4-5-16(15-9)11-3-2-8(12)6-10(11)13/h2-6,14H,7H2,1H3. The summed E-state index contributed by atoms with van der Waals surface area (Å²) in [7, 11) is 1.89. The Hall–Kier alpha value is -0.840. The number of nitrogens with one attached hydrogen (secondary N) is 1. The molecule has 16 heavy (non-hydrogen) atoms. The van der Waals surface area contributed by atoms with Gasteiger partial charge in [0.15, 0.2) is 0 Å². The van der Waals surface area contributed by atoms with E-state index >= 15 is 0 Å². The van der Waals surface area contributed by atoms with Crippen LogP contribution in [0.25, 0.3) is 5.69 Å². The molecule has 0 fully saturated rings. The number of aromatic nitrogens is 2. The van der Waals surface area contributed by atoms with Crippen molar-refractivity contribution in [1.82, 2.24) is 15.1 Å². The van der Waals surface area contributed by atoms with Gasteiger partial charge < -0.3 is 5.32 Å². The fourth-order valence-corrected chi connectivity index (χ4v) is 2.20. The van der Waals surface area contributed by atoms with Crippen molar-refractivity contribution in [2.45, 2.75) is 6.54 Å². The highest BCUT2D eigenvalue weighted by atomic mass is 79.9. The number of hydrogen-bond acceptors (Lipinski definition) is 2. The minimum atomic E-state index is 0.675. The topological polar surface area (TPSA) is 29.9 Å². The molecule has 0 aliphatic carbocycles. The lowest BCUT2D eigenvalue weighted by atomic mass is 10.3. The van der Waals surface area contributed by atoms with Gasteiger partial charge in [-0.1, -0.05) is 27.5 Å². The molecule has 0 saturated carbocycles. The first-order chi connectivity index (χ1) is 7.70. The normalized spacial score (nSPS) is 10.7. The fraction of sp³-hybridized carbons (Fsp3) is 0.182. The Bertz CT molecular complexity index is 496. The average molecular weight is 301 g/mol. The van der Waals surface area contributed by atoms with Crippen LogP contribution in [0.2, 0.25) is 5.02 Å². The van der Waals surface area contributed by atoms with E-state index in [1.54, 1.807) is 4.68 Å². The van der Waals surface area contributed by atoms with Gasteiger partial charge in [0.05, 0.1) is 16.4 Å². The van der Waals surface area contributed by atoms with Crippen LogP contribution in [-0.4, -0.2) is 16.8 Å². The van der Waals surface area contributed by atoms with Gasteiger partial charge in [-0.3, -0.25) is 0 Å². The maximum atomic E-state index is 6.14. The molecule has 0 radical (unpaired) electrons. The summed E-state index contributed by atoms with van der Waals surface area (Å²) >= 11 is 9.52. The first-order valence-electron chi connectivity index (χ1n) is 4.85. The third kappa shape index (κ3) is 2.45. The van der Waals surface area contributed by atoms with Crippen molar-refractivity contribution in [3.63, 3.8) is 0 Å². The molecule has 0 aliphatic heterocycles. The predicted molar refractivity (Wildman–Crippen MR) is 69.0 cm³/mol. The molecule has 0 unspecified atom stereocenters. The maximum absolute atomic E-state index is 6.14. The number of nitrogens with zero attached hydrogens (tertiary/aromatic N) is 2. The van der Waals surface area contributed by atoms with Gasteiger partial charge in [0, 0.05) is 17.2 Å². The van der Waals surface area contributed by atoms with Crippen LogP contribution in [0.1, 0.15) is 5.69 Å². The molecule has 0 saturated heterocycles. The highest BCUT2D eigenvalue weighted by molar-refractivity contribution is 9.10. The summed E-state index contributed by atoms with van der Waals surface area (Å²) in [6.07, 6.45) is 1.90. The van der Waals surface area contributed by atoms with E-state index < -0.39 is 0 Å². The van der Waals surface area contributed by atoms with Crippen LogP contribution < -0.4 is 5.32 Å². The molecule has 2 rings (SSSR count). The van der Waals surface area contributed by atoms with E-state index in [9.17, 15) is 0 Å². The molecule has 0 spiro atoms. The van der Waals surface area contributed by atoms with Crippen LogP contribution in [0.3, 0.4) is 0 Å². The summed E-state index contributed by atoms with van der Waals surface area (Å²) in [6.45, 7) is 0.751. The van der Waals surface area contributed by atoms with Gasteiger partial charge in [-0.25, -0.2) is 4.68 Å². The lowest BCUT2D eigenvalue weighted by molar-refractivity contribution is 0.757. The number of rotatable bonds is 3. The van der Waals surface area contributed by atoms with E-state index in [0.29, 0.717) is 5.02 Å². The van der Waals surface area contributed by atoms with Crippen LogP contribution in [0.15, 0.2) is 34.9 Å². The molecular formula is C11H11BrClN3. The Morgan fingerprint density at radius 1 is 1.44 bits per heavy atom. The van der Waals surface area contributed by atoms with Crippen LogP contribution in [-0.2, 0) is 6.54 Å². The zero-order valence-corrected chi connectivity index (χ0v) is 11.1. The van der Waals surface area contributed by atoms with Crippen LogP contribution in [0.5, 0.6) is 0 Å². The summed E-state index contributed by atoms with van der Waals surface area (Å²) < 4.78 is 2.74. The molecule has 1 aromatic carbocycles. The van der Waals surface area contributed by atoms with Crippen molar-refractivity contribution in [2.24, 2.45) is 0 Å². The Balaban J connectivity index is 2.35. The first-order valence-corrected chi connectivity index (χ1v) is 6.02. The van der Waals surface area contributed by atoms with E-state index in [1.165, 1.54) is 0 Å². The highest BCUT2D eigenvalue weighted by Crippen LogP contribution is 2.24. The molecule has 5 heteroatoms. The smallest absolute Gasteiger partial charge is 0.0832 e. The molecule has 0 aliphatic rings. The largest absolute Gasteiger partial charge is 0.314 e. The zero-order valence-electron chi connectivity index (χ0n) is 8.74. The van der Waals surface area contributed by atoms with Gasteiger partial charge in [0.2, 0.25) is 0 Å². The van der Waals surface area contributed by atoms with Gasteiger partial charge in [-0.2, -0.15) is 5.10 Å². The second-order valence-corrected chi connectivity index (χ2v) is 4.70. The van der Waals surface area contributed by atoms with Gasteiger partial charge in [-0.15, -0.1) is 0 Å². The fourth-order valence-electron chi connectivity index (χ4n) is 1.44. The van der Waals surface area contributed by atoms with Crippen LogP contribution in [0.4, 0.5) is 0 Å². The lowest BCUT2D eigenvalue weighted by Crippen LogP contribution is -2.06. The SMILES string of the molecule is CNCc1ccn(-c2ccc(Br)cc2Cl)n1. The van der Waals surface area contributed by atoms with Crippen molar-refractivity contribution in [2.75, 3.05) is 7.05 Å². The summed E-state index contributed by atoms with van der Waals surface area (Å²) in [5.41, 5.74) is 1.87.